The molecular weight excluding hydrogens is 354 g/mol. The van der Waals surface area contributed by atoms with Gasteiger partial charge in [0.2, 0.25) is 15.9 Å². The van der Waals surface area contributed by atoms with E-state index < -0.39 is 22.0 Å². The predicted octanol–water partition coefficient (Wildman–Crippen LogP) is 1.16. The Morgan fingerprint density at radius 1 is 1.38 bits per heavy atom. The number of carbonyl (C=O) groups excluding carboxylic acids is 1. The summed E-state index contributed by atoms with van der Waals surface area (Å²) < 4.78 is 25.7. The van der Waals surface area contributed by atoms with E-state index in [1.165, 1.54) is 30.6 Å². The minimum Gasteiger partial charge on any atom is -0.310 e. The molecule has 0 radical (unpaired) electrons. The number of amides is 1. The van der Waals surface area contributed by atoms with Crippen molar-refractivity contribution >= 4 is 33.2 Å². The lowest BCUT2D eigenvalue weighted by atomic mass is 10.3. The highest BCUT2D eigenvalue weighted by Crippen LogP contribution is 2.26. The summed E-state index contributed by atoms with van der Waals surface area (Å²) in [5, 5.41) is 4.28. The minimum absolute atomic E-state index is 0.129. The average molecular weight is 372 g/mol. The van der Waals surface area contributed by atoms with Crippen LogP contribution in [0.5, 0.6) is 0 Å². The van der Waals surface area contributed by atoms with Crippen LogP contribution in [0.4, 0.5) is 5.69 Å². The van der Waals surface area contributed by atoms with E-state index >= 15 is 0 Å². The van der Waals surface area contributed by atoms with Crippen LogP contribution < -0.4 is 4.90 Å². The number of hydrogen-bond donors (Lipinski definition) is 0. The lowest BCUT2D eigenvalue weighted by Crippen LogP contribution is -2.46. The third-order valence-electron chi connectivity index (χ3n) is 3.68. The van der Waals surface area contributed by atoms with Crippen molar-refractivity contribution in [1.29, 1.82) is 0 Å². The van der Waals surface area contributed by atoms with Crippen LogP contribution in [0.1, 0.15) is 6.92 Å². The fraction of sp³-hybridized carbons (Fsp3) is 0.357. The van der Waals surface area contributed by atoms with Crippen LogP contribution in [0.25, 0.3) is 5.69 Å². The van der Waals surface area contributed by atoms with Crippen molar-refractivity contribution in [2.45, 2.75) is 13.0 Å². The van der Waals surface area contributed by atoms with Gasteiger partial charge in [-0.1, -0.05) is 11.6 Å². The number of anilines is 1. The molecule has 1 amide bonds. The summed E-state index contributed by atoms with van der Waals surface area (Å²) >= 11 is 6.13. The molecule has 1 atom stereocenters. The fourth-order valence-electron chi connectivity index (χ4n) is 2.03. The summed E-state index contributed by atoms with van der Waals surface area (Å²) in [6, 6.07) is 2.67. The van der Waals surface area contributed by atoms with Crippen LogP contribution in [-0.2, 0) is 14.8 Å². The lowest BCUT2D eigenvalue weighted by molar-refractivity contribution is -0.121. The molecule has 0 saturated heterocycles. The van der Waals surface area contributed by atoms with Crippen LogP contribution in [0.2, 0.25) is 5.15 Å². The first-order chi connectivity index (χ1) is 11.1. The third kappa shape index (κ3) is 3.74. The van der Waals surface area contributed by atoms with E-state index in [1.54, 1.807) is 30.7 Å². The molecule has 130 valence electrons. The smallest absolute Gasteiger partial charge is 0.245 e. The second kappa shape index (κ2) is 6.88. The molecule has 0 aliphatic heterocycles. The number of rotatable bonds is 5. The molecule has 0 spiro atoms. The Morgan fingerprint density at radius 3 is 2.58 bits per heavy atom. The van der Waals surface area contributed by atoms with Gasteiger partial charge in [0.15, 0.2) is 5.15 Å². The molecule has 0 saturated carbocycles. The van der Waals surface area contributed by atoms with Gasteiger partial charge in [0, 0.05) is 20.3 Å². The second-order valence-electron chi connectivity index (χ2n) is 5.31. The zero-order valence-corrected chi connectivity index (χ0v) is 15.3. The molecule has 2 aromatic heterocycles. The van der Waals surface area contributed by atoms with Crippen LogP contribution in [0.15, 0.2) is 30.7 Å². The molecule has 2 heterocycles. The predicted molar refractivity (Wildman–Crippen MR) is 91.8 cm³/mol. The Morgan fingerprint density at radius 2 is 2.04 bits per heavy atom. The maximum atomic E-state index is 12.5. The molecule has 0 bridgehead atoms. The minimum atomic E-state index is -3.49. The Kier molecular flexibility index (Phi) is 5.26. The molecule has 8 nitrogen and oxygen atoms in total. The Hall–Kier alpha value is -1.97. The van der Waals surface area contributed by atoms with E-state index in [4.69, 9.17) is 11.6 Å². The number of carbonyl (C=O) groups is 1. The van der Waals surface area contributed by atoms with Gasteiger partial charge < -0.3 is 4.90 Å². The summed E-state index contributed by atoms with van der Waals surface area (Å²) in [4.78, 5) is 17.8. The van der Waals surface area contributed by atoms with Gasteiger partial charge in [-0.3, -0.25) is 9.78 Å². The summed E-state index contributed by atoms with van der Waals surface area (Å²) in [7, 11) is -0.614. The van der Waals surface area contributed by atoms with Crippen LogP contribution in [0, 0.1) is 0 Å². The quantitative estimate of drug-likeness (QED) is 0.787. The number of sulfonamides is 1. The first kappa shape index (κ1) is 18.4. The topological polar surface area (TPSA) is 88.4 Å². The summed E-state index contributed by atoms with van der Waals surface area (Å²) in [6.45, 7) is 1.51. The highest BCUT2D eigenvalue weighted by Gasteiger charge is 2.29. The van der Waals surface area contributed by atoms with Gasteiger partial charge in [0.1, 0.15) is 11.7 Å². The van der Waals surface area contributed by atoms with Crippen molar-refractivity contribution in [2.24, 2.45) is 0 Å². The monoisotopic (exact) mass is 371 g/mol. The van der Waals surface area contributed by atoms with Crippen LogP contribution in [0.3, 0.4) is 0 Å². The van der Waals surface area contributed by atoms with Gasteiger partial charge in [-0.15, -0.1) is 0 Å². The maximum Gasteiger partial charge on any atom is 0.245 e. The Bertz CT molecular complexity index is 837. The van der Waals surface area contributed by atoms with E-state index in [9.17, 15) is 13.2 Å². The SMILES string of the molecule is CC(C(=O)N(C)c1cn(-c2cccnc2)nc1Cl)N(C)S(C)(=O)=O. The largest absolute Gasteiger partial charge is 0.310 e. The molecule has 2 rings (SSSR count). The van der Waals surface area contributed by atoms with Crippen molar-refractivity contribution in [2.75, 3.05) is 25.3 Å². The van der Waals surface area contributed by atoms with Crippen molar-refractivity contribution in [3.63, 3.8) is 0 Å². The zero-order chi connectivity index (χ0) is 18.1. The van der Waals surface area contributed by atoms with Gasteiger partial charge in [-0.05, 0) is 19.1 Å². The Labute approximate surface area is 145 Å². The molecule has 1 unspecified atom stereocenters. The highest BCUT2D eigenvalue weighted by molar-refractivity contribution is 7.88. The number of halogens is 1. The average Bonchev–Trinajstić information content (AvgIpc) is 2.94. The zero-order valence-electron chi connectivity index (χ0n) is 13.7. The van der Waals surface area contributed by atoms with Crippen molar-refractivity contribution in [3.8, 4) is 5.69 Å². The van der Waals surface area contributed by atoms with Gasteiger partial charge in [-0.2, -0.15) is 9.40 Å². The van der Waals surface area contributed by atoms with Gasteiger partial charge in [0.25, 0.3) is 0 Å². The maximum absolute atomic E-state index is 12.5. The number of aromatic nitrogens is 3. The van der Waals surface area contributed by atoms with Crippen LogP contribution >= 0.6 is 11.6 Å². The Balaban J connectivity index is 2.28. The van der Waals surface area contributed by atoms with E-state index in [1.807, 2.05) is 0 Å². The van der Waals surface area contributed by atoms with Gasteiger partial charge >= 0.3 is 0 Å². The number of nitrogens with zero attached hydrogens (tertiary/aromatic N) is 5. The summed E-state index contributed by atoms with van der Waals surface area (Å²) in [6.07, 6.45) is 5.87. The van der Waals surface area contributed by atoms with E-state index in [0.717, 1.165) is 10.6 Å². The fourth-order valence-corrected chi connectivity index (χ4v) is 2.95. The molecule has 24 heavy (non-hydrogen) atoms. The van der Waals surface area contributed by atoms with Crippen molar-refractivity contribution in [1.82, 2.24) is 19.1 Å². The number of hydrogen-bond acceptors (Lipinski definition) is 5. The molecule has 0 aromatic carbocycles. The van der Waals surface area contributed by atoms with Gasteiger partial charge in [-0.25, -0.2) is 13.1 Å². The molecule has 0 fully saturated rings. The molecule has 10 heteroatoms. The highest BCUT2D eigenvalue weighted by atomic mass is 35.5. The van der Waals surface area contributed by atoms with Crippen molar-refractivity contribution in [3.05, 3.63) is 35.9 Å². The number of pyridine rings is 1. The summed E-state index contributed by atoms with van der Waals surface area (Å²) in [5.41, 5.74) is 1.06. The van der Waals surface area contributed by atoms with E-state index in [-0.39, 0.29) is 5.15 Å². The third-order valence-corrected chi connectivity index (χ3v) is 5.31. The number of likely N-dealkylation sites (N-methyl/N-ethyl adjacent to an activating group) is 2. The normalized spacial score (nSPS) is 13.1. The molecule has 0 N–H and O–H groups in total. The first-order valence-corrected chi connectivity index (χ1v) is 9.21. The standard InChI is InChI=1S/C14H18ClN5O3S/c1-10(19(3)24(4,22)23)14(21)18(2)12-9-20(17-13(12)15)11-6-5-7-16-8-11/h5-10H,1-4H3. The first-order valence-electron chi connectivity index (χ1n) is 6.99. The summed E-state index contributed by atoms with van der Waals surface area (Å²) in [5.74, 6) is -0.421. The van der Waals surface area contributed by atoms with Gasteiger partial charge in [0.05, 0.1) is 24.3 Å². The lowest BCUT2D eigenvalue weighted by Gasteiger charge is -2.26. The van der Waals surface area contributed by atoms with E-state index in [2.05, 4.69) is 10.1 Å². The van der Waals surface area contributed by atoms with Crippen molar-refractivity contribution < 1.29 is 13.2 Å². The van der Waals surface area contributed by atoms with E-state index in [0.29, 0.717) is 11.4 Å². The van der Waals surface area contributed by atoms with Crippen LogP contribution in [-0.4, -0.2) is 59.8 Å². The molecular formula is C14H18ClN5O3S. The second-order valence-corrected chi connectivity index (χ2v) is 7.71. The molecule has 0 aliphatic rings. The molecule has 2 aromatic rings. The molecule has 0 aliphatic carbocycles.